The molecule has 0 radical (unpaired) electrons. The molecule has 24 heavy (non-hydrogen) atoms. The molecule has 1 amide bonds. The minimum Gasteiger partial charge on any atom is -0.381 e. The fourth-order valence-electron chi connectivity index (χ4n) is 2.74. The number of nitrogens with one attached hydrogen (secondary N) is 2. The van der Waals surface area contributed by atoms with Gasteiger partial charge in [0.25, 0.3) is 0 Å². The van der Waals surface area contributed by atoms with Crippen molar-refractivity contribution in [2.24, 2.45) is 5.92 Å². The van der Waals surface area contributed by atoms with Gasteiger partial charge in [-0.15, -0.1) is 12.4 Å². The van der Waals surface area contributed by atoms with Crippen LogP contribution in [0, 0.1) is 5.92 Å². The summed E-state index contributed by atoms with van der Waals surface area (Å²) in [7, 11) is 0. The fraction of sp³-hybridized carbons (Fsp3) is 0.929. The second-order valence-electron chi connectivity index (χ2n) is 5.89. The molecule has 6 nitrogen and oxygen atoms in total. The van der Waals surface area contributed by atoms with Gasteiger partial charge in [0, 0.05) is 45.2 Å². The molecule has 0 aromatic heterocycles. The fourth-order valence-corrected chi connectivity index (χ4v) is 2.74. The summed E-state index contributed by atoms with van der Waals surface area (Å²) in [4.78, 5) is 13.0. The zero-order valence-electron chi connectivity index (χ0n) is 13.4. The maximum absolute atomic E-state index is 13.2. The summed E-state index contributed by atoms with van der Waals surface area (Å²) in [5, 5.41) is 5.35. The molecular formula is C14H25ClF3N3O3. The number of hydrogen-bond acceptors (Lipinski definition) is 5. The monoisotopic (exact) mass is 375 g/mol. The van der Waals surface area contributed by atoms with Crippen LogP contribution in [0.15, 0.2) is 0 Å². The number of carbonyl (C=O) groups is 1. The van der Waals surface area contributed by atoms with Gasteiger partial charge in [0.1, 0.15) is 12.6 Å². The van der Waals surface area contributed by atoms with Crippen LogP contribution in [0.5, 0.6) is 0 Å². The molecule has 2 unspecified atom stereocenters. The van der Waals surface area contributed by atoms with E-state index < -0.39 is 24.7 Å². The number of rotatable bonds is 7. The Labute approximate surface area is 145 Å². The SMILES string of the molecule is Cl.O=C(COCC1CCOC1)NCC(N1CCNCC1)C(F)(F)F. The molecule has 0 spiro atoms. The van der Waals surface area contributed by atoms with Crippen LogP contribution in [0.25, 0.3) is 0 Å². The zero-order chi connectivity index (χ0) is 16.7. The standard InChI is InChI=1S/C14H24F3N3O3.ClH/c15-14(16,17)12(20-4-2-18-3-5-20)7-19-13(21)10-23-9-11-1-6-22-8-11;/h11-12,18H,1-10H2,(H,19,21);1H. The van der Waals surface area contributed by atoms with Crippen LogP contribution in [0.3, 0.4) is 0 Å². The van der Waals surface area contributed by atoms with E-state index in [0.29, 0.717) is 46.0 Å². The molecule has 2 fully saturated rings. The largest absolute Gasteiger partial charge is 0.405 e. The lowest BCUT2D eigenvalue weighted by molar-refractivity contribution is -0.184. The third-order valence-corrected chi connectivity index (χ3v) is 4.07. The molecule has 0 aliphatic carbocycles. The van der Waals surface area contributed by atoms with Crippen LogP contribution in [-0.2, 0) is 14.3 Å². The molecule has 2 rings (SSSR count). The molecule has 0 aromatic rings. The molecule has 0 saturated carbocycles. The first-order chi connectivity index (χ1) is 11.0. The molecule has 2 saturated heterocycles. The summed E-state index contributed by atoms with van der Waals surface area (Å²) in [6.45, 7) is 2.71. The molecule has 0 aromatic carbocycles. The molecule has 2 heterocycles. The highest BCUT2D eigenvalue weighted by Gasteiger charge is 2.43. The van der Waals surface area contributed by atoms with E-state index in [4.69, 9.17) is 9.47 Å². The van der Waals surface area contributed by atoms with Gasteiger partial charge < -0.3 is 20.1 Å². The second-order valence-corrected chi connectivity index (χ2v) is 5.89. The Balaban J connectivity index is 0.00000288. The highest BCUT2D eigenvalue weighted by Crippen LogP contribution is 2.24. The molecule has 10 heteroatoms. The smallest absolute Gasteiger partial charge is 0.381 e. The van der Waals surface area contributed by atoms with E-state index in [-0.39, 0.29) is 24.9 Å². The van der Waals surface area contributed by atoms with Crippen LogP contribution < -0.4 is 10.6 Å². The number of carbonyl (C=O) groups excluding carboxylic acids is 1. The number of alkyl halides is 3. The maximum atomic E-state index is 13.2. The van der Waals surface area contributed by atoms with Gasteiger partial charge in [-0.1, -0.05) is 0 Å². The lowest BCUT2D eigenvalue weighted by Crippen LogP contribution is -2.57. The van der Waals surface area contributed by atoms with E-state index in [2.05, 4.69) is 10.6 Å². The number of ether oxygens (including phenoxy) is 2. The highest BCUT2D eigenvalue weighted by molar-refractivity contribution is 5.85. The van der Waals surface area contributed by atoms with Crippen LogP contribution >= 0.6 is 12.4 Å². The summed E-state index contributed by atoms with van der Waals surface area (Å²) in [5.74, 6) is -0.250. The number of hydrogen-bond donors (Lipinski definition) is 2. The number of halogens is 4. The minimum absolute atomic E-state index is 0. The van der Waals surface area contributed by atoms with Crippen LogP contribution in [0.4, 0.5) is 13.2 Å². The van der Waals surface area contributed by atoms with Crippen molar-refractivity contribution in [3.63, 3.8) is 0 Å². The summed E-state index contributed by atoms with van der Waals surface area (Å²) in [5.41, 5.74) is 0. The molecule has 2 aliphatic rings. The van der Waals surface area contributed by atoms with Crippen molar-refractivity contribution in [3.05, 3.63) is 0 Å². The van der Waals surface area contributed by atoms with E-state index in [1.807, 2.05) is 0 Å². The molecular weight excluding hydrogens is 351 g/mol. The van der Waals surface area contributed by atoms with Crippen molar-refractivity contribution >= 4 is 18.3 Å². The summed E-state index contributed by atoms with van der Waals surface area (Å²) in [6.07, 6.45) is -3.48. The van der Waals surface area contributed by atoms with Crippen molar-refractivity contribution in [2.45, 2.75) is 18.6 Å². The Morgan fingerprint density at radius 3 is 2.67 bits per heavy atom. The number of piperazine rings is 1. The highest BCUT2D eigenvalue weighted by atomic mass is 35.5. The Kier molecular flexibility index (Phi) is 9.28. The first-order valence-electron chi connectivity index (χ1n) is 7.90. The Morgan fingerprint density at radius 1 is 1.38 bits per heavy atom. The lowest BCUT2D eigenvalue weighted by atomic mass is 10.1. The normalized spacial score (nSPS) is 23.5. The van der Waals surface area contributed by atoms with Gasteiger partial charge in [-0.2, -0.15) is 13.2 Å². The van der Waals surface area contributed by atoms with E-state index in [1.54, 1.807) is 0 Å². The van der Waals surface area contributed by atoms with Crippen molar-refractivity contribution in [1.82, 2.24) is 15.5 Å². The quantitative estimate of drug-likeness (QED) is 0.675. The first-order valence-corrected chi connectivity index (χ1v) is 7.90. The Morgan fingerprint density at radius 2 is 2.08 bits per heavy atom. The van der Waals surface area contributed by atoms with Gasteiger partial charge in [-0.3, -0.25) is 9.69 Å². The van der Waals surface area contributed by atoms with Gasteiger partial charge in [0.15, 0.2) is 0 Å². The van der Waals surface area contributed by atoms with E-state index >= 15 is 0 Å². The maximum Gasteiger partial charge on any atom is 0.405 e. The summed E-state index contributed by atoms with van der Waals surface area (Å²) >= 11 is 0. The van der Waals surface area contributed by atoms with E-state index in [1.165, 1.54) is 4.90 Å². The van der Waals surface area contributed by atoms with E-state index in [0.717, 1.165) is 6.42 Å². The van der Waals surface area contributed by atoms with Crippen molar-refractivity contribution < 1.29 is 27.4 Å². The third-order valence-electron chi connectivity index (χ3n) is 4.07. The summed E-state index contributed by atoms with van der Waals surface area (Å²) < 4.78 is 49.9. The molecule has 2 N–H and O–H groups in total. The van der Waals surface area contributed by atoms with Gasteiger partial charge in [-0.25, -0.2) is 0 Å². The second kappa shape index (κ2) is 10.4. The Bertz CT molecular complexity index is 376. The minimum atomic E-state index is -4.37. The molecule has 142 valence electrons. The van der Waals surface area contributed by atoms with Crippen molar-refractivity contribution in [2.75, 3.05) is 59.2 Å². The zero-order valence-corrected chi connectivity index (χ0v) is 14.3. The average Bonchev–Trinajstić information content (AvgIpc) is 3.00. The van der Waals surface area contributed by atoms with Crippen LogP contribution in [0.2, 0.25) is 0 Å². The average molecular weight is 376 g/mol. The van der Waals surface area contributed by atoms with Gasteiger partial charge in [0.2, 0.25) is 5.91 Å². The van der Waals surface area contributed by atoms with Crippen LogP contribution in [-0.4, -0.2) is 82.2 Å². The Hall–Kier alpha value is -0.610. The number of nitrogens with zero attached hydrogens (tertiary/aromatic N) is 1. The lowest BCUT2D eigenvalue weighted by Gasteiger charge is -2.35. The van der Waals surface area contributed by atoms with Gasteiger partial charge >= 0.3 is 6.18 Å². The predicted octanol–water partition coefficient (Wildman–Crippen LogP) is 0.414. The third kappa shape index (κ3) is 7.10. The summed E-state index contributed by atoms with van der Waals surface area (Å²) in [6, 6.07) is -1.66. The predicted molar refractivity (Wildman–Crippen MR) is 84.3 cm³/mol. The van der Waals surface area contributed by atoms with E-state index in [9.17, 15) is 18.0 Å². The molecule has 2 aliphatic heterocycles. The molecule has 2 atom stereocenters. The van der Waals surface area contributed by atoms with Gasteiger partial charge in [0.05, 0.1) is 13.2 Å². The molecule has 0 bridgehead atoms. The first kappa shape index (κ1) is 21.4. The topological polar surface area (TPSA) is 62.8 Å². The van der Waals surface area contributed by atoms with Crippen molar-refractivity contribution in [1.29, 1.82) is 0 Å². The van der Waals surface area contributed by atoms with Crippen molar-refractivity contribution in [3.8, 4) is 0 Å². The van der Waals surface area contributed by atoms with Gasteiger partial charge in [-0.05, 0) is 6.42 Å². The number of amides is 1. The van der Waals surface area contributed by atoms with Crippen LogP contribution in [0.1, 0.15) is 6.42 Å².